The fraction of sp³-hybridized carbons (Fsp3) is 0.471. The van der Waals surface area contributed by atoms with Gasteiger partial charge in [0.1, 0.15) is 11.3 Å². The van der Waals surface area contributed by atoms with Crippen LogP contribution in [0, 0.1) is 0 Å². The van der Waals surface area contributed by atoms with Crippen molar-refractivity contribution in [2.45, 2.75) is 39.7 Å². The average Bonchev–Trinajstić information content (AvgIpc) is 2.78. The van der Waals surface area contributed by atoms with Crippen molar-refractivity contribution < 1.29 is 14.7 Å². The summed E-state index contributed by atoms with van der Waals surface area (Å²) >= 11 is 0. The zero-order chi connectivity index (χ0) is 17.9. The maximum atomic E-state index is 12.3. The van der Waals surface area contributed by atoms with Gasteiger partial charge in [-0.25, -0.2) is 4.79 Å². The predicted molar refractivity (Wildman–Crippen MR) is 93.3 cm³/mol. The number of phenolic OH excluding ortho intramolecular Hbond substituents is 1. The van der Waals surface area contributed by atoms with Gasteiger partial charge in [0.25, 0.3) is 5.91 Å². The average molecular weight is 332 g/mol. The maximum Gasteiger partial charge on any atom is 0.346 e. The second-order valence-corrected chi connectivity index (χ2v) is 5.89. The summed E-state index contributed by atoms with van der Waals surface area (Å²) in [6, 6.07) is 4.68. The number of hydrogen-bond acceptors (Lipinski definition) is 5. The standard InChI is InChI=1S/C17H24N4O3/c1-5-17(4)15(23)21(16(24)19-17)18-11-12-8-9-13(10-14(12)22)20(6-2)7-3/h8-11,22H,5-7H2,1-4H3,(H,19,24). The van der Waals surface area contributed by atoms with E-state index in [1.807, 2.05) is 26.8 Å². The Labute approximate surface area is 141 Å². The van der Waals surface area contributed by atoms with Crippen LogP contribution in [0.1, 0.15) is 39.7 Å². The molecule has 0 radical (unpaired) electrons. The number of nitrogens with zero attached hydrogens (tertiary/aromatic N) is 3. The molecule has 3 amide bonds. The molecule has 130 valence electrons. The van der Waals surface area contributed by atoms with E-state index in [4.69, 9.17) is 0 Å². The van der Waals surface area contributed by atoms with Gasteiger partial charge in [0.2, 0.25) is 0 Å². The second kappa shape index (κ2) is 6.90. The molecule has 0 aromatic heterocycles. The van der Waals surface area contributed by atoms with E-state index in [0.29, 0.717) is 12.0 Å². The lowest BCUT2D eigenvalue weighted by atomic mass is 10.00. The first-order valence-electron chi connectivity index (χ1n) is 8.14. The molecular weight excluding hydrogens is 308 g/mol. The van der Waals surface area contributed by atoms with Crippen molar-refractivity contribution in [1.82, 2.24) is 10.3 Å². The quantitative estimate of drug-likeness (QED) is 0.618. The lowest BCUT2D eigenvalue weighted by Crippen LogP contribution is -2.42. The molecule has 0 spiro atoms. The number of imide groups is 1. The number of hydrogen-bond donors (Lipinski definition) is 2. The first-order valence-corrected chi connectivity index (χ1v) is 8.14. The normalized spacial score (nSPS) is 20.8. The van der Waals surface area contributed by atoms with Gasteiger partial charge in [-0.2, -0.15) is 5.10 Å². The van der Waals surface area contributed by atoms with Crippen molar-refractivity contribution in [2.24, 2.45) is 5.10 Å². The van der Waals surface area contributed by atoms with Crippen molar-refractivity contribution in [3.8, 4) is 5.75 Å². The van der Waals surface area contributed by atoms with Crippen molar-refractivity contribution in [2.75, 3.05) is 18.0 Å². The highest BCUT2D eigenvalue weighted by Gasteiger charge is 2.46. The summed E-state index contributed by atoms with van der Waals surface area (Å²) in [4.78, 5) is 26.3. The highest BCUT2D eigenvalue weighted by molar-refractivity contribution is 6.07. The van der Waals surface area contributed by atoms with Crippen LogP contribution in [0.5, 0.6) is 5.75 Å². The monoisotopic (exact) mass is 332 g/mol. The predicted octanol–water partition coefficient (Wildman–Crippen LogP) is 2.29. The summed E-state index contributed by atoms with van der Waals surface area (Å²) in [7, 11) is 0. The molecular formula is C17H24N4O3. The van der Waals surface area contributed by atoms with Crippen LogP contribution in [0.25, 0.3) is 0 Å². The van der Waals surface area contributed by atoms with Gasteiger partial charge in [-0.3, -0.25) is 4.79 Å². The molecule has 1 aliphatic heterocycles. The molecule has 1 aromatic carbocycles. The fourth-order valence-electron chi connectivity index (χ4n) is 2.56. The van der Waals surface area contributed by atoms with Gasteiger partial charge in [0.05, 0.1) is 6.21 Å². The van der Waals surface area contributed by atoms with Crippen LogP contribution in [0.15, 0.2) is 23.3 Å². The number of carbonyl (C=O) groups excluding carboxylic acids is 2. The van der Waals surface area contributed by atoms with E-state index in [1.54, 1.807) is 19.1 Å². The van der Waals surface area contributed by atoms with Crippen LogP contribution in [-0.2, 0) is 4.79 Å². The van der Waals surface area contributed by atoms with Gasteiger partial charge in [-0.05, 0) is 39.3 Å². The minimum absolute atomic E-state index is 0.0495. The van der Waals surface area contributed by atoms with Crippen molar-refractivity contribution in [3.63, 3.8) is 0 Å². The Hall–Kier alpha value is -2.57. The Morgan fingerprint density at radius 3 is 2.46 bits per heavy atom. The summed E-state index contributed by atoms with van der Waals surface area (Å²) in [5.41, 5.74) is 0.420. The van der Waals surface area contributed by atoms with Crippen LogP contribution >= 0.6 is 0 Å². The number of urea groups is 1. The Balaban J connectivity index is 2.21. The van der Waals surface area contributed by atoms with Crippen LogP contribution in [0.2, 0.25) is 0 Å². The number of nitrogens with one attached hydrogen (secondary N) is 1. The van der Waals surface area contributed by atoms with Gasteiger partial charge in [0.15, 0.2) is 0 Å². The molecule has 1 unspecified atom stereocenters. The van der Waals surface area contributed by atoms with Crippen LogP contribution in [0.3, 0.4) is 0 Å². The van der Waals surface area contributed by atoms with Gasteiger partial charge >= 0.3 is 6.03 Å². The SMILES string of the molecule is CCN(CC)c1ccc(C=NN2C(=O)NC(C)(CC)C2=O)c(O)c1. The minimum Gasteiger partial charge on any atom is -0.507 e. The second-order valence-electron chi connectivity index (χ2n) is 5.89. The van der Waals surface area contributed by atoms with Crippen LogP contribution in [0.4, 0.5) is 10.5 Å². The topological polar surface area (TPSA) is 85.2 Å². The van der Waals surface area contributed by atoms with Crippen molar-refractivity contribution >= 4 is 23.8 Å². The third-order valence-corrected chi connectivity index (χ3v) is 4.40. The lowest BCUT2D eigenvalue weighted by molar-refractivity contribution is -0.130. The van der Waals surface area contributed by atoms with Gasteiger partial charge < -0.3 is 15.3 Å². The number of hydrazone groups is 1. The highest BCUT2D eigenvalue weighted by atomic mass is 16.3. The van der Waals surface area contributed by atoms with Crippen molar-refractivity contribution in [1.29, 1.82) is 0 Å². The summed E-state index contributed by atoms with van der Waals surface area (Å²) in [5, 5.41) is 17.5. The molecule has 0 aliphatic carbocycles. The molecule has 1 atom stereocenters. The molecule has 0 bridgehead atoms. The third-order valence-electron chi connectivity index (χ3n) is 4.40. The van der Waals surface area contributed by atoms with E-state index in [2.05, 4.69) is 15.3 Å². The first kappa shape index (κ1) is 17.8. The summed E-state index contributed by atoms with van der Waals surface area (Å²) in [6.07, 6.45) is 1.80. The molecule has 1 heterocycles. The minimum atomic E-state index is -0.928. The summed E-state index contributed by atoms with van der Waals surface area (Å²) in [6.45, 7) is 9.24. The fourth-order valence-corrected chi connectivity index (χ4v) is 2.56. The Morgan fingerprint density at radius 1 is 1.29 bits per heavy atom. The molecule has 1 saturated heterocycles. The molecule has 1 aromatic rings. The summed E-state index contributed by atoms with van der Waals surface area (Å²) in [5.74, 6) is -0.348. The molecule has 1 fully saturated rings. The van der Waals surface area contributed by atoms with Crippen LogP contribution in [-0.4, -0.2) is 46.9 Å². The van der Waals surface area contributed by atoms with Crippen molar-refractivity contribution in [3.05, 3.63) is 23.8 Å². The van der Waals surface area contributed by atoms with E-state index >= 15 is 0 Å². The van der Waals surface area contributed by atoms with Gasteiger partial charge in [-0.1, -0.05) is 6.92 Å². The number of phenols is 1. The molecule has 7 nitrogen and oxygen atoms in total. The zero-order valence-corrected chi connectivity index (χ0v) is 14.5. The highest BCUT2D eigenvalue weighted by Crippen LogP contribution is 2.25. The molecule has 7 heteroatoms. The van der Waals surface area contributed by atoms with E-state index in [0.717, 1.165) is 23.8 Å². The van der Waals surface area contributed by atoms with E-state index in [1.165, 1.54) is 6.21 Å². The van der Waals surface area contributed by atoms with Gasteiger partial charge in [0, 0.05) is 30.4 Å². The number of benzene rings is 1. The third kappa shape index (κ3) is 3.20. The smallest absolute Gasteiger partial charge is 0.346 e. The van der Waals surface area contributed by atoms with E-state index in [-0.39, 0.29) is 5.75 Å². The van der Waals surface area contributed by atoms with E-state index in [9.17, 15) is 14.7 Å². The Morgan fingerprint density at radius 2 is 1.96 bits per heavy atom. The Kier molecular flexibility index (Phi) is 5.11. The zero-order valence-electron chi connectivity index (χ0n) is 14.5. The number of anilines is 1. The lowest BCUT2D eigenvalue weighted by Gasteiger charge is -2.21. The van der Waals surface area contributed by atoms with Gasteiger partial charge in [-0.15, -0.1) is 5.01 Å². The number of carbonyl (C=O) groups is 2. The number of aromatic hydroxyl groups is 1. The molecule has 2 rings (SSSR count). The molecule has 0 saturated carbocycles. The van der Waals surface area contributed by atoms with Crippen LogP contribution < -0.4 is 10.2 Å². The van der Waals surface area contributed by atoms with E-state index < -0.39 is 17.5 Å². The molecule has 1 aliphatic rings. The molecule has 24 heavy (non-hydrogen) atoms. The number of amides is 3. The first-order chi connectivity index (χ1) is 11.4. The summed E-state index contributed by atoms with van der Waals surface area (Å²) < 4.78 is 0. The largest absolute Gasteiger partial charge is 0.507 e. The number of rotatable bonds is 6. The Bertz CT molecular complexity index is 670. The molecule has 2 N–H and O–H groups in total. The maximum absolute atomic E-state index is 12.3.